The molecule has 0 aliphatic heterocycles. The quantitative estimate of drug-likeness (QED) is 0.810. The van der Waals surface area contributed by atoms with Crippen molar-refractivity contribution >= 4 is 18.0 Å². The molecule has 1 amide bonds. The number of rotatable bonds is 5. The number of carbonyl (C=O) groups excluding carboxylic acids is 1. The highest BCUT2D eigenvalue weighted by Gasteiger charge is 2.39. The fourth-order valence-corrected chi connectivity index (χ4v) is 2.15. The summed E-state index contributed by atoms with van der Waals surface area (Å²) in [6.45, 7) is 4.03. The highest BCUT2D eigenvalue weighted by molar-refractivity contribution is 5.85. The zero-order valence-electron chi connectivity index (χ0n) is 11.7. The molecule has 3 atom stereocenters. The zero-order valence-corrected chi connectivity index (χ0v) is 11.7. The normalized spacial score (nSPS) is 22.5. The summed E-state index contributed by atoms with van der Waals surface area (Å²) in [7, 11) is 0. The number of aliphatic carboxylic acids is 1. The Morgan fingerprint density at radius 1 is 1.35 bits per heavy atom. The fourth-order valence-electron chi connectivity index (χ4n) is 2.15. The molecular formula is C16H19NO3. The van der Waals surface area contributed by atoms with Crippen LogP contribution in [0.1, 0.15) is 37.4 Å². The zero-order chi connectivity index (χ0) is 14.7. The van der Waals surface area contributed by atoms with E-state index in [2.05, 4.69) is 12.2 Å². The molecule has 0 bridgehead atoms. The van der Waals surface area contributed by atoms with Crippen molar-refractivity contribution < 1.29 is 14.7 Å². The molecule has 106 valence electrons. The van der Waals surface area contributed by atoms with Crippen LogP contribution >= 0.6 is 0 Å². The molecule has 1 fully saturated rings. The molecule has 0 spiro atoms. The lowest BCUT2D eigenvalue weighted by Crippen LogP contribution is -2.28. The smallest absolute Gasteiger partial charge is 0.328 e. The van der Waals surface area contributed by atoms with Gasteiger partial charge in [-0.05, 0) is 36.5 Å². The third kappa shape index (κ3) is 3.70. The second-order valence-electron chi connectivity index (χ2n) is 5.39. The van der Waals surface area contributed by atoms with Gasteiger partial charge in [-0.3, -0.25) is 4.79 Å². The summed E-state index contributed by atoms with van der Waals surface area (Å²) in [6.07, 6.45) is 3.63. The molecule has 1 saturated carbocycles. The number of nitrogens with one attached hydrogen (secondary N) is 1. The number of amides is 1. The van der Waals surface area contributed by atoms with Crippen LogP contribution in [0.2, 0.25) is 0 Å². The van der Waals surface area contributed by atoms with Crippen LogP contribution in [0.5, 0.6) is 0 Å². The second-order valence-corrected chi connectivity index (χ2v) is 5.39. The van der Waals surface area contributed by atoms with E-state index in [9.17, 15) is 9.59 Å². The van der Waals surface area contributed by atoms with Crippen molar-refractivity contribution in [3.63, 3.8) is 0 Å². The minimum absolute atomic E-state index is 0.0344. The Hall–Kier alpha value is -2.10. The first-order valence-corrected chi connectivity index (χ1v) is 6.78. The van der Waals surface area contributed by atoms with Crippen molar-refractivity contribution in [3.8, 4) is 0 Å². The Morgan fingerprint density at radius 2 is 1.95 bits per heavy atom. The van der Waals surface area contributed by atoms with E-state index in [-0.39, 0.29) is 17.9 Å². The van der Waals surface area contributed by atoms with Crippen LogP contribution in [0, 0.1) is 11.8 Å². The number of hydrogen-bond acceptors (Lipinski definition) is 2. The highest BCUT2D eigenvalue weighted by atomic mass is 16.4. The van der Waals surface area contributed by atoms with Crippen molar-refractivity contribution in [1.82, 2.24) is 5.32 Å². The van der Waals surface area contributed by atoms with Gasteiger partial charge in [-0.25, -0.2) is 4.79 Å². The molecule has 0 saturated heterocycles. The van der Waals surface area contributed by atoms with E-state index in [0.29, 0.717) is 5.92 Å². The molecule has 20 heavy (non-hydrogen) atoms. The molecule has 0 aromatic heterocycles. The number of carboxylic acids is 1. The summed E-state index contributed by atoms with van der Waals surface area (Å²) in [6, 6.07) is 7.47. The minimum atomic E-state index is -0.965. The summed E-state index contributed by atoms with van der Waals surface area (Å²) < 4.78 is 0. The third-order valence-electron chi connectivity index (χ3n) is 3.66. The fraction of sp³-hybridized carbons (Fsp3) is 0.375. The lowest BCUT2D eigenvalue weighted by molar-refractivity contribution is -0.131. The molecular weight excluding hydrogens is 254 g/mol. The van der Waals surface area contributed by atoms with E-state index < -0.39 is 5.97 Å². The molecule has 2 N–H and O–H groups in total. The number of carboxylic acid groups (broad SMARTS) is 1. The monoisotopic (exact) mass is 273 g/mol. The van der Waals surface area contributed by atoms with Crippen molar-refractivity contribution in [2.75, 3.05) is 0 Å². The van der Waals surface area contributed by atoms with Gasteiger partial charge in [0.05, 0.1) is 6.04 Å². The maximum absolute atomic E-state index is 11.9. The van der Waals surface area contributed by atoms with Gasteiger partial charge in [0.25, 0.3) is 0 Å². The molecule has 1 aromatic rings. The van der Waals surface area contributed by atoms with Crippen LogP contribution < -0.4 is 5.32 Å². The summed E-state index contributed by atoms with van der Waals surface area (Å²) in [5.74, 6) is -0.158. The maximum atomic E-state index is 11.9. The first kappa shape index (κ1) is 14.3. The van der Waals surface area contributed by atoms with Crippen LogP contribution in [0.25, 0.3) is 6.08 Å². The molecule has 0 radical (unpaired) electrons. The lowest BCUT2D eigenvalue weighted by atomic mass is 10.1. The summed E-state index contributed by atoms with van der Waals surface area (Å²) in [5.41, 5.74) is 1.84. The molecule has 2 rings (SSSR count). The van der Waals surface area contributed by atoms with Gasteiger partial charge in [0.15, 0.2) is 0 Å². The van der Waals surface area contributed by atoms with E-state index in [1.54, 1.807) is 6.08 Å². The standard InChI is InChI=1S/C16H19NO3/c1-10-9-14(10)16(20)17-11(2)13-6-3-12(4-7-13)5-8-15(18)19/h3-8,10-11,14H,9H2,1-2H3,(H,17,20)(H,18,19). The summed E-state index contributed by atoms with van der Waals surface area (Å²) in [5, 5.41) is 11.6. The topological polar surface area (TPSA) is 66.4 Å². The van der Waals surface area contributed by atoms with Crippen LogP contribution in [0.4, 0.5) is 0 Å². The Balaban J connectivity index is 1.95. The lowest BCUT2D eigenvalue weighted by Gasteiger charge is -2.14. The first-order chi connectivity index (χ1) is 9.47. The first-order valence-electron chi connectivity index (χ1n) is 6.78. The predicted molar refractivity (Wildman–Crippen MR) is 76.9 cm³/mol. The number of hydrogen-bond donors (Lipinski definition) is 2. The average molecular weight is 273 g/mol. The van der Waals surface area contributed by atoms with Gasteiger partial charge in [0.2, 0.25) is 5.91 Å². The molecule has 4 heteroatoms. The molecule has 1 aliphatic carbocycles. The highest BCUT2D eigenvalue weighted by Crippen LogP contribution is 2.38. The van der Waals surface area contributed by atoms with Crippen LogP contribution in [0.3, 0.4) is 0 Å². The van der Waals surface area contributed by atoms with Crippen molar-refractivity contribution in [3.05, 3.63) is 41.5 Å². The van der Waals surface area contributed by atoms with Gasteiger partial charge in [0, 0.05) is 12.0 Å². The summed E-state index contributed by atoms with van der Waals surface area (Å²) >= 11 is 0. The molecule has 4 nitrogen and oxygen atoms in total. The van der Waals surface area contributed by atoms with Crippen LogP contribution in [-0.2, 0) is 9.59 Å². The van der Waals surface area contributed by atoms with Crippen molar-refractivity contribution in [2.45, 2.75) is 26.3 Å². The van der Waals surface area contributed by atoms with Gasteiger partial charge in [0.1, 0.15) is 0 Å². The van der Waals surface area contributed by atoms with Crippen LogP contribution in [-0.4, -0.2) is 17.0 Å². The second kappa shape index (κ2) is 5.90. The van der Waals surface area contributed by atoms with Gasteiger partial charge in [-0.1, -0.05) is 31.2 Å². The van der Waals surface area contributed by atoms with E-state index in [4.69, 9.17) is 5.11 Å². The van der Waals surface area contributed by atoms with E-state index in [1.165, 1.54) is 0 Å². The Labute approximate surface area is 118 Å². The Morgan fingerprint density at radius 3 is 2.45 bits per heavy atom. The minimum Gasteiger partial charge on any atom is -0.478 e. The summed E-state index contributed by atoms with van der Waals surface area (Å²) in [4.78, 5) is 22.3. The molecule has 0 heterocycles. The van der Waals surface area contributed by atoms with E-state index >= 15 is 0 Å². The number of benzene rings is 1. The van der Waals surface area contributed by atoms with Gasteiger partial charge < -0.3 is 10.4 Å². The largest absolute Gasteiger partial charge is 0.478 e. The third-order valence-corrected chi connectivity index (χ3v) is 3.66. The van der Waals surface area contributed by atoms with Gasteiger partial charge in [-0.2, -0.15) is 0 Å². The van der Waals surface area contributed by atoms with Crippen molar-refractivity contribution in [1.29, 1.82) is 0 Å². The van der Waals surface area contributed by atoms with Crippen LogP contribution in [0.15, 0.2) is 30.3 Å². The maximum Gasteiger partial charge on any atom is 0.328 e. The Kier molecular flexibility index (Phi) is 4.23. The molecule has 3 unspecified atom stereocenters. The molecule has 1 aliphatic rings. The predicted octanol–water partition coefficient (Wildman–Crippen LogP) is 2.62. The SMILES string of the molecule is CC(NC(=O)C1CC1C)c1ccc(C=CC(=O)O)cc1. The van der Waals surface area contributed by atoms with E-state index in [0.717, 1.165) is 23.6 Å². The molecule has 1 aromatic carbocycles. The van der Waals surface area contributed by atoms with Gasteiger partial charge in [-0.15, -0.1) is 0 Å². The Bertz CT molecular complexity index is 533. The van der Waals surface area contributed by atoms with Crippen molar-refractivity contribution in [2.24, 2.45) is 11.8 Å². The van der Waals surface area contributed by atoms with E-state index in [1.807, 2.05) is 31.2 Å². The number of carbonyl (C=O) groups is 2. The average Bonchev–Trinajstić information content (AvgIpc) is 3.14. The van der Waals surface area contributed by atoms with Gasteiger partial charge >= 0.3 is 5.97 Å².